The van der Waals surface area contributed by atoms with Gasteiger partial charge in [-0.2, -0.15) is 4.98 Å². The molecule has 1 atom stereocenters. The molecule has 3 saturated heterocycles. The topological polar surface area (TPSA) is 62.4 Å². The van der Waals surface area contributed by atoms with Crippen LogP contribution in [0.25, 0.3) is 11.4 Å². The molecule has 3 aliphatic heterocycles. The molecule has 0 aliphatic carbocycles. The molecule has 1 unspecified atom stereocenters. The predicted octanol–water partition coefficient (Wildman–Crippen LogP) is 1.96. The molecule has 5 nitrogen and oxygen atoms in total. The molecule has 2 aromatic rings. The quantitative estimate of drug-likeness (QED) is 0.914. The van der Waals surface area contributed by atoms with Crippen molar-refractivity contribution in [2.24, 2.45) is 5.92 Å². The van der Waals surface area contributed by atoms with Crippen molar-refractivity contribution >= 4 is 0 Å². The van der Waals surface area contributed by atoms with Gasteiger partial charge in [-0.15, -0.1) is 0 Å². The van der Waals surface area contributed by atoms with Gasteiger partial charge in [0, 0.05) is 19.0 Å². The molecule has 2 bridgehead atoms. The maximum atomic E-state index is 11.1. The summed E-state index contributed by atoms with van der Waals surface area (Å²) in [5.74, 6) is 1.53. The highest BCUT2D eigenvalue weighted by Gasteiger charge is 2.46. The first-order chi connectivity index (χ1) is 10.1. The van der Waals surface area contributed by atoms with Crippen molar-refractivity contribution in [3.05, 3.63) is 35.7 Å². The van der Waals surface area contributed by atoms with Gasteiger partial charge in [0.25, 0.3) is 0 Å². The van der Waals surface area contributed by atoms with Gasteiger partial charge in [0.05, 0.1) is 0 Å². The van der Waals surface area contributed by atoms with Crippen molar-refractivity contribution < 1.29 is 9.63 Å². The van der Waals surface area contributed by atoms with Crippen LogP contribution in [0.4, 0.5) is 0 Å². The first-order valence-electron chi connectivity index (χ1n) is 7.51. The molecule has 0 radical (unpaired) electrons. The minimum absolute atomic E-state index is 0.376. The minimum Gasteiger partial charge on any atom is -0.384 e. The third kappa shape index (κ3) is 2.08. The summed E-state index contributed by atoms with van der Waals surface area (Å²) in [6, 6.07) is 7.94. The summed E-state index contributed by atoms with van der Waals surface area (Å²) in [5.41, 5.74) is 1.21. The third-order valence-corrected chi connectivity index (χ3v) is 4.90. The van der Waals surface area contributed by atoms with Gasteiger partial charge in [-0.25, -0.2) is 0 Å². The lowest BCUT2D eigenvalue weighted by Crippen LogP contribution is -2.57. The fraction of sp³-hybridized carbons (Fsp3) is 0.500. The van der Waals surface area contributed by atoms with E-state index >= 15 is 0 Å². The molecule has 1 N–H and O–H groups in total. The van der Waals surface area contributed by atoms with Crippen molar-refractivity contribution in [2.75, 3.05) is 19.6 Å². The second kappa shape index (κ2) is 4.64. The zero-order valence-corrected chi connectivity index (χ0v) is 12.1. The Labute approximate surface area is 123 Å². The van der Waals surface area contributed by atoms with Crippen molar-refractivity contribution in [2.45, 2.75) is 25.4 Å². The van der Waals surface area contributed by atoms with Crippen molar-refractivity contribution in [1.29, 1.82) is 0 Å². The Kier molecular flexibility index (Phi) is 2.87. The summed E-state index contributed by atoms with van der Waals surface area (Å²) in [4.78, 5) is 6.59. The minimum atomic E-state index is -0.706. The molecule has 1 aromatic heterocycles. The number of fused-ring (bicyclic) bond motifs is 3. The average molecular weight is 285 g/mol. The molecule has 0 saturated carbocycles. The van der Waals surface area contributed by atoms with Crippen molar-refractivity contribution in [3.63, 3.8) is 0 Å². The molecule has 0 amide bonds. The summed E-state index contributed by atoms with van der Waals surface area (Å²) >= 11 is 0. The standard InChI is InChI=1S/C16H19N3O2/c1-11-17-15(18-21-11)12-2-4-13(5-3-12)16(20)10-19-8-6-14(16)7-9-19/h2-5,14,20H,6-10H2,1H3. The van der Waals surface area contributed by atoms with Crippen LogP contribution in [0, 0.1) is 12.8 Å². The van der Waals surface area contributed by atoms with Crippen LogP contribution in [0.15, 0.2) is 28.8 Å². The Morgan fingerprint density at radius 3 is 2.48 bits per heavy atom. The Hall–Kier alpha value is -1.72. The van der Waals surface area contributed by atoms with E-state index < -0.39 is 5.60 Å². The maximum Gasteiger partial charge on any atom is 0.223 e. The summed E-state index contributed by atoms with van der Waals surface area (Å²) in [7, 11) is 0. The lowest BCUT2D eigenvalue weighted by Gasteiger charge is -2.50. The van der Waals surface area contributed by atoms with E-state index in [0.717, 1.165) is 43.6 Å². The highest BCUT2D eigenvalue weighted by molar-refractivity contribution is 5.55. The Bertz CT molecular complexity index is 644. The number of aryl methyl sites for hydroxylation is 1. The van der Waals surface area contributed by atoms with Crippen LogP contribution in [0.5, 0.6) is 0 Å². The number of benzene rings is 1. The second-order valence-corrected chi connectivity index (χ2v) is 6.19. The number of hydrogen-bond acceptors (Lipinski definition) is 5. The SMILES string of the molecule is Cc1nc(-c2ccc(C3(O)CN4CCC3CC4)cc2)no1. The Balaban J connectivity index is 1.64. The molecule has 3 fully saturated rings. The van der Waals surface area contributed by atoms with E-state index in [9.17, 15) is 5.11 Å². The molecule has 1 aromatic carbocycles. The molecular formula is C16H19N3O2. The molecule has 110 valence electrons. The lowest BCUT2D eigenvalue weighted by atomic mass is 9.71. The van der Waals surface area contributed by atoms with Gasteiger partial charge in [-0.1, -0.05) is 29.4 Å². The van der Waals surface area contributed by atoms with E-state index in [0.29, 0.717) is 17.6 Å². The number of nitrogens with zero attached hydrogens (tertiary/aromatic N) is 3. The van der Waals surface area contributed by atoms with Crippen LogP contribution in [0.1, 0.15) is 24.3 Å². The lowest BCUT2D eigenvalue weighted by molar-refractivity contribution is -0.117. The fourth-order valence-electron chi connectivity index (χ4n) is 3.69. The van der Waals surface area contributed by atoms with Gasteiger partial charge < -0.3 is 14.5 Å². The summed E-state index contributed by atoms with van der Waals surface area (Å²) < 4.78 is 5.01. The smallest absolute Gasteiger partial charge is 0.223 e. The average Bonchev–Trinajstić information content (AvgIpc) is 2.95. The summed E-state index contributed by atoms with van der Waals surface area (Å²) in [6.45, 7) is 4.76. The van der Waals surface area contributed by atoms with Gasteiger partial charge in [0.15, 0.2) is 0 Å². The molecule has 3 aliphatic rings. The normalized spacial score (nSPS) is 31.5. The largest absolute Gasteiger partial charge is 0.384 e. The van der Waals surface area contributed by atoms with Gasteiger partial charge in [-0.3, -0.25) is 0 Å². The van der Waals surface area contributed by atoms with E-state index in [1.54, 1.807) is 6.92 Å². The summed E-state index contributed by atoms with van der Waals surface area (Å²) in [5, 5.41) is 15.0. The number of aromatic nitrogens is 2. The molecule has 5 rings (SSSR count). The second-order valence-electron chi connectivity index (χ2n) is 6.19. The third-order valence-electron chi connectivity index (χ3n) is 4.90. The van der Waals surface area contributed by atoms with E-state index in [1.165, 1.54) is 0 Å². The zero-order chi connectivity index (χ0) is 14.4. The highest BCUT2D eigenvalue weighted by Crippen LogP contribution is 2.42. The first-order valence-corrected chi connectivity index (χ1v) is 7.51. The van der Waals surface area contributed by atoms with Gasteiger partial charge in [0.2, 0.25) is 11.7 Å². The van der Waals surface area contributed by atoms with Crippen LogP contribution < -0.4 is 0 Å². The summed E-state index contributed by atoms with van der Waals surface area (Å²) in [6.07, 6.45) is 2.17. The molecular weight excluding hydrogens is 266 g/mol. The van der Waals surface area contributed by atoms with Gasteiger partial charge >= 0.3 is 0 Å². The van der Waals surface area contributed by atoms with Crippen LogP contribution in [0.2, 0.25) is 0 Å². The number of aliphatic hydroxyl groups is 1. The van der Waals surface area contributed by atoms with Crippen LogP contribution in [0.3, 0.4) is 0 Å². The molecule has 0 spiro atoms. The van der Waals surface area contributed by atoms with E-state index in [4.69, 9.17) is 4.52 Å². The van der Waals surface area contributed by atoms with E-state index in [2.05, 4.69) is 15.0 Å². The van der Waals surface area contributed by atoms with E-state index in [1.807, 2.05) is 24.3 Å². The van der Waals surface area contributed by atoms with Crippen LogP contribution in [-0.4, -0.2) is 39.8 Å². The zero-order valence-electron chi connectivity index (χ0n) is 12.1. The fourth-order valence-corrected chi connectivity index (χ4v) is 3.69. The van der Waals surface area contributed by atoms with Gasteiger partial charge in [-0.05, 0) is 37.4 Å². The molecule has 5 heteroatoms. The first kappa shape index (κ1) is 13.0. The van der Waals surface area contributed by atoms with Crippen molar-refractivity contribution in [1.82, 2.24) is 15.0 Å². The number of hydrogen-bond donors (Lipinski definition) is 1. The Morgan fingerprint density at radius 2 is 1.95 bits per heavy atom. The molecule has 21 heavy (non-hydrogen) atoms. The van der Waals surface area contributed by atoms with Crippen LogP contribution in [-0.2, 0) is 5.60 Å². The van der Waals surface area contributed by atoms with E-state index in [-0.39, 0.29) is 0 Å². The molecule has 4 heterocycles. The maximum absolute atomic E-state index is 11.1. The van der Waals surface area contributed by atoms with Gasteiger partial charge in [0.1, 0.15) is 5.60 Å². The highest BCUT2D eigenvalue weighted by atomic mass is 16.5. The number of piperidine rings is 3. The Morgan fingerprint density at radius 1 is 1.24 bits per heavy atom. The van der Waals surface area contributed by atoms with Crippen molar-refractivity contribution in [3.8, 4) is 11.4 Å². The predicted molar refractivity (Wildman–Crippen MR) is 77.5 cm³/mol. The monoisotopic (exact) mass is 285 g/mol. The van der Waals surface area contributed by atoms with Crippen LogP contribution >= 0.6 is 0 Å². The number of rotatable bonds is 2.